The highest BCUT2D eigenvalue weighted by Gasteiger charge is 2.07. The third-order valence-corrected chi connectivity index (χ3v) is 3.11. The first-order valence-corrected chi connectivity index (χ1v) is 6.61. The van der Waals surface area contributed by atoms with Gasteiger partial charge in [0, 0.05) is 5.69 Å². The lowest BCUT2D eigenvalue weighted by atomic mass is 10.1. The number of carbonyl (C=O) groups is 1. The molecule has 0 aliphatic carbocycles. The molecule has 2 rings (SSSR count). The maximum atomic E-state index is 11.9. The Morgan fingerprint density at radius 3 is 2.58 bits per heavy atom. The van der Waals surface area contributed by atoms with E-state index in [1.54, 1.807) is 18.2 Å². The zero-order valence-electron chi connectivity index (χ0n) is 10.5. The van der Waals surface area contributed by atoms with E-state index in [1.165, 1.54) is 0 Å². The van der Waals surface area contributed by atoms with E-state index in [9.17, 15) is 4.79 Å². The van der Waals surface area contributed by atoms with E-state index in [2.05, 4.69) is 26.2 Å². The number of hydrogen-bond donors (Lipinski definition) is 2. The van der Waals surface area contributed by atoms with Gasteiger partial charge in [-0.05, 0) is 52.7 Å². The number of pyridine rings is 1. The Kier molecular flexibility index (Phi) is 4.16. The van der Waals surface area contributed by atoms with Gasteiger partial charge in [0.2, 0.25) is 5.91 Å². The van der Waals surface area contributed by atoms with E-state index in [0.29, 0.717) is 12.1 Å². The van der Waals surface area contributed by atoms with E-state index in [1.807, 2.05) is 25.1 Å². The Morgan fingerprint density at radius 2 is 1.95 bits per heavy atom. The largest absolute Gasteiger partial charge is 0.399 e. The van der Waals surface area contributed by atoms with Gasteiger partial charge in [-0.15, -0.1) is 0 Å². The van der Waals surface area contributed by atoms with Crippen LogP contribution in [-0.2, 0) is 11.2 Å². The van der Waals surface area contributed by atoms with Crippen LogP contribution in [0.4, 0.5) is 11.4 Å². The number of aryl methyl sites for hydroxylation is 1. The van der Waals surface area contributed by atoms with Gasteiger partial charge in [-0.25, -0.2) is 4.98 Å². The second-order valence-electron chi connectivity index (χ2n) is 4.23. The number of nitrogens with zero attached hydrogens (tertiary/aromatic N) is 1. The second-order valence-corrected chi connectivity index (χ2v) is 5.05. The van der Waals surface area contributed by atoms with Crippen LogP contribution in [-0.4, -0.2) is 10.9 Å². The summed E-state index contributed by atoms with van der Waals surface area (Å²) in [5.41, 5.74) is 8.72. The molecule has 0 saturated carbocycles. The van der Waals surface area contributed by atoms with Crippen molar-refractivity contribution in [2.24, 2.45) is 0 Å². The molecule has 0 atom stereocenters. The van der Waals surface area contributed by atoms with Crippen molar-refractivity contribution in [2.75, 3.05) is 11.1 Å². The van der Waals surface area contributed by atoms with Gasteiger partial charge in [0.15, 0.2) is 0 Å². The van der Waals surface area contributed by atoms with Crippen LogP contribution in [0, 0.1) is 6.92 Å². The number of benzene rings is 1. The summed E-state index contributed by atoms with van der Waals surface area (Å²) in [7, 11) is 0. The van der Waals surface area contributed by atoms with E-state index < -0.39 is 0 Å². The fraction of sp³-hybridized carbons (Fsp3) is 0.143. The summed E-state index contributed by atoms with van der Waals surface area (Å²) in [6, 6.07) is 10.9. The monoisotopic (exact) mass is 319 g/mol. The quantitative estimate of drug-likeness (QED) is 0.675. The molecule has 98 valence electrons. The predicted molar refractivity (Wildman–Crippen MR) is 79.9 cm³/mol. The summed E-state index contributed by atoms with van der Waals surface area (Å²) in [5, 5.41) is 2.85. The number of nitrogens with two attached hydrogens (primary N) is 1. The maximum Gasteiger partial charge on any atom is 0.228 e. The molecule has 0 saturated heterocycles. The van der Waals surface area contributed by atoms with Gasteiger partial charge in [-0.1, -0.05) is 12.1 Å². The van der Waals surface area contributed by atoms with Crippen molar-refractivity contribution in [3.05, 3.63) is 52.3 Å². The van der Waals surface area contributed by atoms with Gasteiger partial charge < -0.3 is 11.1 Å². The number of halogens is 1. The van der Waals surface area contributed by atoms with Crippen LogP contribution in [0.2, 0.25) is 0 Å². The molecule has 2 aromatic rings. The van der Waals surface area contributed by atoms with Crippen LogP contribution in [0.1, 0.15) is 11.3 Å². The van der Waals surface area contributed by atoms with E-state index in [0.717, 1.165) is 21.5 Å². The molecule has 1 aromatic heterocycles. The first-order chi connectivity index (χ1) is 9.04. The van der Waals surface area contributed by atoms with Crippen molar-refractivity contribution in [2.45, 2.75) is 13.3 Å². The third kappa shape index (κ3) is 3.79. The molecule has 0 unspecified atom stereocenters. The van der Waals surface area contributed by atoms with Gasteiger partial charge in [0.1, 0.15) is 4.60 Å². The highest BCUT2D eigenvalue weighted by atomic mass is 79.9. The molecular weight excluding hydrogens is 306 g/mol. The Hall–Kier alpha value is -1.88. The topological polar surface area (TPSA) is 68.0 Å². The lowest BCUT2D eigenvalue weighted by molar-refractivity contribution is -0.115. The summed E-state index contributed by atoms with van der Waals surface area (Å²) in [4.78, 5) is 16.2. The van der Waals surface area contributed by atoms with Crippen molar-refractivity contribution < 1.29 is 4.79 Å². The molecule has 0 spiro atoms. The first-order valence-electron chi connectivity index (χ1n) is 5.82. The molecule has 4 nitrogen and oxygen atoms in total. The zero-order chi connectivity index (χ0) is 13.8. The maximum absolute atomic E-state index is 11.9. The number of nitrogens with one attached hydrogen (secondary N) is 1. The molecule has 0 bridgehead atoms. The molecule has 1 amide bonds. The highest BCUT2D eigenvalue weighted by Crippen LogP contribution is 2.16. The molecule has 0 fully saturated rings. The molecule has 0 radical (unpaired) electrons. The van der Waals surface area contributed by atoms with Crippen molar-refractivity contribution >= 4 is 33.2 Å². The molecule has 0 aliphatic heterocycles. The second kappa shape index (κ2) is 5.84. The number of carbonyl (C=O) groups excluding carboxylic acids is 1. The van der Waals surface area contributed by atoms with Crippen molar-refractivity contribution in [1.82, 2.24) is 4.98 Å². The molecule has 1 heterocycles. The van der Waals surface area contributed by atoms with Crippen LogP contribution in [0.25, 0.3) is 0 Å². The minimum Gasteiger partial charge on any atom is -0.399 e. The Balaban J connectivity index is 2.03. The van der Waals surface area contributed by atoms with Crippen molar-refractivity contribution in [1.29, 1.82) is 0 Å². The average molecular weight is 320 g/mol. The molecule has 3 N–H and O–H groups in total. The van der Waals surface area contributed by atoms with Crippen LogP contribution >= 0.6 is 15.9 Å². The fourth-order valence-electron chi connectivity index (χ4n) is 1.68. The number of aromatic nitrogens is 1. The summed E-state index contributed by atoms with van der Waals surface area (Å²) in [5.74, 6) is -0.0722. The van der Waals surface area contributed by atoms with Crippen LogP contribution in [0.15, 0.2) is 41.0 Å². The lowest BCUT2D eigenvalue weighted by Gasteiger charge is -2.08. The summed E-state index contributed by atoms with van der Waals surface area (Å²) in [6.45, 7) is 1.85. The normalized spacial score (nSPS) is 10.2. The number of nitrogen functional groups attached to an aromatic ring is 1. The smallest absolute Gasteiger partial charge is 0.228 e. The zero-order valence-corrected chi connectivity index (χ0v) is 12.1. The average Bonchev–Trinajstić information content (AvgIpc) is 2.36. The van der Waals surface area contributed by atoms with Gasteiger partial charge in [-0.2, -0.15) is 0 Å². The number of amides is 1. The van der Waals surface area contributed by atoms with Gasteiger partial charge in [0.25, 0.3) is 0 Å². The van der Waals surface area contributed by atoms with Crippen LogP contribution in [0.3, 0.4) is 0 Å². The van der Waals surface area contributed by atoms with Gasteiger partial charge in [-0.3, -0.25) is 4.79 Å². The van der Waals surface area contributed by atoms with E-state index in [-0.39, 0.29) is 5.91 Å². The Bertz CT molecular complexity index is 596. The predicted octanol–water partition coefficient (Wildman–Crippen LogP) is 2.92. The summed E-state index contributed by atoms with van der Waals surface area (Å²) < 4.78 is 0.751. The molecule has 0 aliphatic rings. The Labute approximate surface area is 120 Å². The minimum atomic E-state index is -0.0722. The summed E-state index contributed by atoms with van der Waals surface area (Å²) >= 11 is 3.29. The SMILES string of the molecule is Cc1nc(Br)ccc1NC(=O)Cc1ccc(N)cc1. The van der Waals surface area contributed by atoms with Crippen molar-refractivity contribution in [3.8, 4) is 0 Å². The number of rotatable bonds is 3. The van der Waals surface area contributed by atoms with E-state index >= 15 is 0 Å². The van der Waals surface area contributed by atoms with Crippen LogP contribution < -0.4 is 11.1 Å². The molecule has 1 aromatic carbocycles. The van der Waals surface area contributed by atoms with E-state index in [4.69, 9.17) is 5.73 Å². The fourth-order valence-corrected chi connectivity index (χ4v) is 2.08. The van der Waals surface area contributed by atoms with Crippen LogP contribution in [0.5, 0.6) is 0 Å². The minimum absolute atomic E-state index is 0.0722. The highest BCUT2D eigenvalue weighted by molar-refractivity contribution is 9.10. The van der Waals surface area contributed by atoms with Crippen molar-refractivity contribution in [3.63, 3.8) is 0 Å². The molecule has 5 heteroatoms. The standard InChI is InChI=1S/C14H14BrN3O/c1-9-12(6-7-13(15)17-9)18-14(19)8-10-2-4-11(16)5-3-10/h2-7H,8,16H2,1H3,(H,18,19). The summed E-state index contributed by atoms with van der Waals surface area (Å²) in [6.07, 6.45) is 0.315. The Morgan fingerprint density at radius 1 is 1.26 bits per heavy atom. The van der Waals surface area contributed by atoms with Gasteiger partial charge in [0.05, 0.1) is 17.8 Å². The lowest BCUT2D eigenvalue weighted by Crippen LogP contribution is -2.15. The molecular formula is C14H14BrN3O. The molecule has 19 heavy (non-hydrogen) atoms. The number of anilines is 2. The number of hydrogen-bond acceptors (Lipinski definition) is 3. The van der Waals surface area contributed by atoms with Gasteiger partial charge >= 0.3 is 0 Å². The third-order valence-electron chi connectivity index (χ3n) is 2.67. The first kappa shape index (κ1) is 13.5.